The molecule has 2 N–H and O–H groups in total. The zero-order valence-corrected chi connectivity index (χ0v) is 12.4. The van der Waals surface area contributed by atoms with Gasteiger partial charge >= 0.3 is 12.0 Å². The van der Waals surface area contributed by atoms with E-state index in [-0.39, 0.29) is 12.5 Å². The van der Waals surface area contributed by atoms with Crippen molar-refractivity contribution in [3.63, 3.8) is 0 Å². The fraction of sp³-hybridized carbons (Fsp3) is 0.857. The zero-order valence-electron chi connectivity index (χ0n) is 12.4. The third kappa shape index (κ3) is 4.73. The number of urea groups is 1. The number of nitrogens with zero attached hydrogens (tertiary/aromatic N) is 1. The molecule has 1 aliphatic rings. The molecule has 0 saturated carbocycles. The molecule has 0 bridgehead atoms. The van der Waals surface area contributed by atoms with Crippen molar-refractivity contribution in [3.8, 4) is 0 Å². The van der Waals surface area contributed by atoms with E-state index in [4.69, 9.17) is 5.11 Å². The van der Waals surface area contributed by atoms with E-state index in [2.05, 4.69) is 19.2 Å². The molecular formula is C14H26N2O3. The average molecular weight is 270 g/mol. The van der Waals surface area contributed by atoms with E-state index in [9.17, 15) is 9.59 Å². The lowest BCUT2D eigenvalue weighted by Gasteiger charge is -2.33. The zero-order chi connectivity index (χ0) is 14.6. The molecule has 1 saturated heterocycles. The second-order valence-electron chi connectivity index (χ2n) is 6.35. The summed E-state index contributed by atoms with van der Waals surface area (Å²) in [5, 5.41) is 11.7. The Morgan fingerprint density at radius 1 is 1.42 bits per heavy atom. The number of carboxylic acids is 1. The second kappa shape index (κ2) is 6.26. The van der Waals surface area contributed by atoms with Crippen LogP contribution in [0.15, 0.2) is 0 Å². The summed E-state index contributed by atoms with van der Waals surface area (Å²) in [5.74, 6) is -0.376. The molecule has 0 aromatic carbocycles. The summed E-state index contributed by atoms with van der Waals surface area (Å²) in [6.45, 7) is 8.80. The third-order valence-electron chi connectivity index (χ3n) is 3.74. The lowest BCUT2D eigenvalue weighted by Crippen LogP contribution is -2.52. The Bertz CT molecular complexity index is 340. The first-order valence-electron chi connectivity index (χ1n) is 7.03. The Balaban J connectivity index is 2.55. The smallest absolute Gasteiger partial charge is 0.318 e. The molecule has 2 amide bonds. The lowest BCUT2D eigenvalue weighted by molar-refractivity contribution is -0.137. The minimum absolute atomic E-state index is 0.0633. The van der Waals surface area contributed by atoms with Crippen LogP contribution in [0.5, 0.6) is 0 Å². The number of hydrogen-bond acceptors (Lipinski definition) is 2. The van der Waals surface area contributed by atoms with E-state index in [1.807, 2.05) is 18.7 Å². The van der Waals surface area contributed by atoms with Gasteiger partial charge in [-0.25, -0.2) is 4.79 Å². The number of aliphatic carboxylic acids is 1. The molecule has 110 valence electrons. The molecule has 0 radical (unpaired) electrons. The molecule has 1 atom stereocenters. The van der Waals surface area contributed by atoms with Gasteiger partial charge in [0.05, 0.1) is 0 Å². The summed E-state index contributed by atoms with van der Waals surface area (Å²) in [7, 11) is 0. The van der Waals surface area contributed by atoms with Crippen LogP contribution in [0, 0.1) is 5.92 Å². The fourth-order valence-corrected chi connectivity index (χ4v) is 2.58. The first kappa shape index (κ1) is 15.8. The molecule has 1 aliphatic heterocycles. The van der Waals surface area contributed by atoms with E-state index in [0.29, 0.717) is 18.4 Å². The third-order valence-corrected chi connectivity index (χ3v) is 3.74. The molecule has 0 spiro atoms. The van der Waals surface area contributed by atoms with Crippen molar-refractivity contribution in [1.29, 1.82) is 0 Å². The van der Waals surface area contributed by atoms with Gasteiger partial charge in [-0.3, -0.25) is 4.79 Å². The fourth-order valence-electron chi connectivity index (χ4n) is 2.58. The molecule has 1 rings (SSSR count). The molecular weight excluding hydrogens is 244 g/mol. The van der Waals surface area contributed by atoms with E-state index in [1.54, 1.807) is 0 Å². The summed E-state index contributed by atoms with van der Waals surface area (Å²) in [6, 6.07) is 0.238. The highest BCUT2D eigenvalue weighted by Crippen LogP contribution is 2.24. The highest BCUT2D eigenvalue weighted by molar-refractivity contribution is 5.76. The van der Waals surface area contributed by atoms with E-state index < -0.39 is 11.5 Å². The monoisotopic (exact) mass is 270 g/mol. The second-order valence-corrected chi connectivity index (χ2v) is 6.35. The highest BCUT2D eigenvalue weighted by Gasteiger charge is 2.33. The van der Waals surface area contributed by atoms with Gasteiger partial charge in [-0.2, -0.15) is 0 Å². The summed E-state index contributed by atoms with van der Waals surface area (Å²) in [6.07, 6.45) is 2.61. The number of rotatable bonds is 5. The molecule has 5 heteroatoms. The predicted molar refractivity (Wildman–Crippen MR) is 74.0 cm³/mol. The van der Waals surface area contributed by atoms with Gasteiger partial charge in [0.25, 0.3) is 0 Å². The number of carboxylic acid groups (broad SMARTS) is 1. The maximum atomic E-state index is 12.3. The lowest BCUT2D eigenvalue weighted by atomic mass is 9.98. The quantitative estimate of drug-likeness (QED) is 0.806. The van der Waals surface area contributed by atoms with Crippen LogP contribution in [0.4, 0.5) is 4.79 Å². The van der Waals surface area contributed by atoms with Crippen molar-refractivity contribution in [2.75, 3.05) is 6.54 Å². The number of likely N-dealkylation sites (tertiary alicyclic amines) is 1. The van der Waals surface area contributed by atoms with Crippen LogP contribution in [0.3, 0.4) is 0 Å². The van der Waals surface area contributed by atoms with Crippen LogP contribution in [0.1, 0.15) is 53.4 Å². The Labute approximate surface area is 115 Å². The van der Waals surface area contributed by atoms with Crippen LogP contribution >= 0.6 is 0 Å². The molecule has 1 heterocycles. The molecule has 1 fully saturated rings. The van der Waals surface area contributed by atoms with Gasteiger partial charge in [0.15, 0.2) is 0 Å². The van der Waals surface area contributed by atoms with Gasteiger partial charge < -0.3 is 15.3 Å². The van der Waals surface area contributed by atoms with Gasteiger partial charge in [0.1, 0.15) is 0 Å². The van der Waals surface area contributed by atoms with Crippen molar-refractivity contribution >= 4 is 12.0 Å². The van der Waals surface area contributed by atoms with E-state index >= 15 is 0 Å². The molecule has 1 unspecified atom stereocenters. The highest BCUT2D eigenvalue weighted by atomic mass is 16.4. The first-order chi connectivity index (χ1) is 8.73. The molecule has 0 aliphatic carbocycles. The summed E-state index contributed by atoms with van der Waals surface area (Å²) < 4.78 is 0. The average Bonchev–Trinajstić information content (AvgIpc) is 2.75. The minimum Gasteiger partial charge on any atom is -0.481 e. The van der Waals surface area contributed by atoms with Crippen LogP contribution in [-0.2, 0) is 4.79 Å². The van der Waals surface area contributed by atoms with Crippen molar-refractivity contribution in [1.82, 2.24) is 10.2 Å². The molecule has 0 aromatic heterocycles. The largest absolute Gasteiger partial charge is 0.481 e. The number of amides is 2. The van der Waals surface area contributed by atoms with Crippen molar-refractivity contribution in [2.45, 2.75) is 65.0 Å². The number of carbonyl (C=O) groups is 2. The summed E-state index contributed by atoms with van der Waals surface area (Å²) >= 11 is 0. The van der Waals surface area contributed by atoms with Gasteiger partial charge in [0, 0.05) is 24.5 Å². The van der Waals surface area contributed by atoms with E-state index in [1.165, 1.54) is 0 Å². The van der Waals surface area contributed by atoms with Gasteiger partial charge in [-0.15, -0.1) is 0 Å². The molecule has 0 aromatic rings. The normalized spacial score (nSPS) is 19.8. The first-order valence-corrected chi connectivity index (χ1v) is 7.03. The predicted octanol–water partition coefficient (Wildman–Crippen LogP) is 2.46. The maximum absolute atomic E-state index is 12.3. The minimum atomic E-state index is -0.830. The SMILES string of the molecule is CC(C)C1CCCN1C(=O)NC(C)(C)CCC(=O)O. The Kier molecular flexibility index (Phi) is 5.20. The van der Waals surface area contributed by atoms with Crippen molar-refractivity contribution < 1.29 is 14.7 Å². The van der Waals surface area contributed by atoms with Crippen LogP contribution in [0.2, 0.25) is 0 Å². The Hall–Kier alpha value is -1.26. The number of nitrogens with one attached hydrogen (secondary N) is 1. The number of carbonyl (C=O) groups excluding carboxylic acids is 1. The maximum Gasteiger partial charge on any atom is 0.318 e. The van der Waals surface area contributed by atoms with Gasteiger partial charge in [-0.1, -0.05) is 13.8 Å². The van der Waals surface area contributed by atoms with Crippen LogP contribution < -0.4 is 5.32 Å². The molecule has 19 heavy (non-hydrogen) atoms. The van der Waals surface area contributed by atoms with E-state index in [0.717, 1.165) is 19.4 Å². The van der Waals surface area contributed by atoms with Crippen molar-refractivity contribution in [2.24, 2.45) is 5.92 Å². The standard InChI is InChI=1S/C14H26N2O3/c1-10(2)11-6-5-9-16(11)13(19)15-14(3,4)8-7-12(17)18/h10-11H,5-9H2,1-4H3,(H,15,19)(H,17,18). The van der Waals surface area contributed by atoms with Crippen molar-refractivity contribution in [3.05, 3.63) is 0 Å². The Morgan fingerprint density at radius 3 is 2.58 bits per heavy atom. The summed E-state index contributed by atoms with van der Waals surface area (Å²) in [5.41, 5.74) is -0.487. The van der Waals surface area contributed by atoms with Crippen LogP contribution in [-0.4, -0.2) is 40.1 Å². The summed E-state index contributed by atoms with van der Waals surface area (Å²) in [4.78, 5) is 24.8. The topological polar surface area (TPSA) is 69.6 Å². The Morgan fingerprint density at radius 2 is 2.05 bits per heavy atom. The molecule has 5 nitrogen and oxygen atoms in total. The van der Waals surface area contributed by atoms with Gasteiger partial charge in [-0.05, 0) is 39.0 Å². The van der Waals surface area contributed by atoms with Crippen LogP contribution in [0.25, 0.3) is 0 Å². The van der Waals surface area contributed by atoms with Gasteiger partial charge in [0.2, 0.25) is 0 Å². The number of hydrogen-bond donors (Lipinski definition) is 2.